The molecule has 7 heteroatoms. The summed E-state index contributed by atoms with van der Waals surface area (Å²) in [6, 6.07) is 6.68. The van der Waals surface area contributed by atoms with Crippen LogP contribution in [0.2, 0.25) is 0 Å². The largest absolute Gasteiger partial charge is 0.497 e. The molecule has 3 N–H and O–H groups in total. The number of rotatable bonds is 4. The number of aromatic nitrogens is 1. The fourth-order valence-electron chi connectivity index (χ4n) is 1.71. The fraction of sp³-hybridized carbons (Fsp3) is 0.143. The van der Waals surface area contributed by atoms with Crippen molar-refractivity contribution in [2.24, 2.45) is 0 Å². The Labute approximate surface area is 130 Å². The van der Waals surface area contributed by atoms with Crippen LogP contribution in [-0.4, -0.2) is 25.1 Å². The number of halogens is 1. The Balaban J connectivity index is 2.28. The summed E-state index contributed by atoms with van der Waals surface area (Å²) in [6.45, 7) is 0. The zero-order chi connectivity index (χ0) is 15.4. The molecular formula is C14H14BrN3O3. The second-order valence-electron chi connectivity index (χ2n) is 4.14. The van der Waals surface area contributed by atoms with Crippen molar-refractivity contribution in [2.45, 2.75) is 0 Å². The smallest absolute Gasteiger partial charge is 0.259 e. The maximum Gasteiger partial charge on any atom is 0.259 e. The number of nitrogens with one attached hydrogen (secondary N) is 1. The number of benzene rings is 1. The van der Waals surface area contributed by atoms with E-state index in [0.29, 0.717) is 21.7 Å². The first kappa shape index (κ1) is 15.1. The number of nitrogens with zero attached hydrogens (tertiary/aromatic N) is 1. The number of hydrogen-bond acceptors (Lipinski definition) is 5. The van der Waals surface area contributed by atoms with Crippen molar-refractivity contribution >= 4 is 33.3 Å². The van der Waals surface area contributed by atoms with E-state index in [9.17, 15) is 4.79 Å². The van der Waals surface area contributed by atoms with E-state index >= 15 is 0 Å². The van der Waals surface area contributed by atoms with Gasteiger partial charge in [-0.05, 0) is 22.0 Å². The molecule has 21 heavy (non-hydrogen) atoms. The molecule has 0 radical (unpaired) electrons. The Bertz CT molecular complexity index is 654. The van der Waals surface area contributed by atoms with Gasteiger partial charge in [0, 0.05) is 34.6 Å². The molecule has 1 amide bonds. The Kier molecular flexibility index (Phi) is 4.64. The van der Waals surface area contributed by atoms with Gasteiger partial charge in [0.1, 0.15) is 17.3 Å². The number of nitrogens with two attached hydrogens (primary N) is 1. The van der Waals surface area contributed by atoms with Gasteiger partial charge in [0.25, 0.3) is 5.91 Å². The van der Waals surface area contributed by atoms with Crippen LogP contribution in [0.15, 0.2) is 34.9 Å². The molecule has 0 unspecified atom stereocenters. The van der Waals surface area contributed by atoms with Gasteiger partial charge in [-0.15, -0.1) is 0 Å². The number of amides is 1. The van der Waals surface area contributed by atoms with Crippen LogP contribution in [0.4, 0.5) is 11.5 Å². The second-order valence-corrected chi connectivity index (χ2v) is 5.06. The van der Waals surface area contributed by atoms with Crippen molar-refractivity contribution in [2.75, 3.05) is 25.3 Å². The molecule has 6 nitrogen and oxygen atoms in total. The average Bonchev–Trinajstić information content (AvgIpc) is 2.49. The number of ether oxygens (including phenoxy) is 2. The van der Waals surface area contributed by atoms with Crippen molar-refractivity contribution in [3.63, 3.8) is 0 Å². The van der Waals surface area contributed by atoms with Crippen LogP contribution in [0.25, 0.3) is 0 Å². The maximum atomic E-state index is 12.3. The Hall–Kier alpha value is -2.28. The van der Waals surface area contributed by atoms with Gasteiger partial charge in [-0.3, -0.25) is 4.79 Å². The molecule has 0 saturated carbocycles. The predicted molar refractivity (Wildman–Crippen MR) is 83.8 cm³/mol. The molecular weight excluding hydrogens is 338 g/mol. The Morgan fingerprint density at radius 3 is 2.38 bits per heavy atom. The van der Waals surface area contributed by atoms with Gasteiger partial charge in [-0.2, -0.15) is 0 Å². The molecule has 2 aromatic rings. The van der Waals surface area contributed by atoms with Crippen LogP contribution in [0, 0.1) is 0 Å². The summed E-state index contributed by atoms with van der Waals surface area (Å²) < 4.78 is 11.0. The Morgan fingerprint density at radius 1 is 1.19 bits per heavy atom. The maximum absolute atomic E-state index is 12.3. The molecule has 110 valence electrons. The van der Waals surface area contributed by atoms with E-state index in [1.54, 1.807) is 24.3 Å². The van der Waals surface area contributed by atoms with E-state index in [-0.39, 0.29) is 17.3 Å². The van der Waals surface area contributed by atoms with Crippen molar-refractivity contribution in [3.8, 4) is 11.5 Å². The second kappa shape index (κ2) is 6.45. The number of methoxy groups -OCH3 is 2. The lowest BCUT2D eigenvalue weighted by Gasteiger charge is -2.10. The topological polar surface area (TPSA) is 86.5 Å². The number of hydrogen-bond donors (Lipinski definition) is 2. The quantitative estimate of drug-likeness (QED) is 0.884. The third-order valence-electron chi connectivity index (χ3n) is 2.74. The van der Waals surface area contributed by atoms with Crippen molar-refractivity contribution in [1.82, 2.24) is 4.98 Å². The van der Waals surface area contributed by atoms with Gasteiger partial charge in [-0.1, -0.05) is 0 Å². The number of carbonyl (C=O) groups excluding carboxylic acids is 1. The predicted octanol–water partition coefficient (Wildman–Crippen LogP) is 2.70. The molecule has 0 aliphatic rings. The zero-order valence-corrected chi connectivity index (χ0v) is 13.1. The van der Waals surface area contributed by atoms with Gasteiger partial charge in [-0.25, -0.2) is 4.98 Å². The van der Waals surface area contributed by atoms with E-state index < -0.39 is 0 Å². The number of anilines is 2. The summed E-state index contributed by atoms with van der Waals surface area (Å²) in [4.78, 5) is 16.2. The lowest BCUT2D eigenvalue weighted by Crippen LogP contribution is -2.15. The Morgan fingerprint density at radius 2 is 1.81 bits per heavy atom. The summed E-state index contributed by atoms with van der Waals surface area (Å²) in [6.07, 6.45) is 1.53. The van der Waals surface area contributed by atoms with E-state index in [2.05, 4.69) is 26.2 Å². The molecule has 0 aliphatic heterocycles. The molecule has 0 fully saturated rings. The highest BCUT2D eigenvalue weighted by atomic mass is 79.9. The monoisotopic (exact) mass is 351 g/mol. The fourth-order valence-corrected chi connectivity index (χ4v) is 2.04. The molecule has 0 saturated heterocycles. The molecule has 1 heterocycles. The first-order chi connectivity index (χ1) is 10.0. The van der Waals surface area contributed by atoms with E-state index in [1.807, 2.05) is 0 Å². The number of nitrogen functional groups attached to an aromatic ring is 1. The standard InChI is InChI=1S/C14H14BrN3O3/c1-20-10-4-9(5-11(6-10)21-2)18-14(19)12-3-8(15)7-17-13(12)16/h3-7H,1-2H3,(H2,16,17)(H,18,19). The molecule has 1 aromatic heterocycles. The molecule has 2 rings (SSSR count). The number of pyridine rings is 1. The van der Waals surface area contributed by atoms with Crippen molar-refractivity contribution in [1.29, 1.82) is 0 Å². The highest BCUT2D eigenvalue weighted by Gasteiger charge is 2.13. The van der Waals surface area contributed by atoms with Crippen LogP contribution < -0.4 is 20.5 Å². The van der Waals surface area contributed by atoms with Gasteiger partial charge in [0.15, 0.2) is 0 Å². The van der Waals surface area contributed by atoms with Crippen LogP contribution >= 0.6 is 15.9 Å². The number of carbonyl (C=O) groups is 1. The molecule has 0 atom stereocenters. The van der Waals surface area contributed by atoms with E-state index in [4.69, 9.17) is 15.2 Å². The summed E-state index contributed by atoms with van der Waals surface area (Å²) in [5, 5.41) is 2.74. The average molecular weight is 352 g/mol. The summed E-state index contributed by atoms with van der Waals surface area (Å²) in [7, 11) is 3.08. The van der Waals surface area contributed by atoms with Gasteiger partial charge < -0.3 is 20.5 Å². The van der Waals surface area contributed by atoms with Crippen LogP contribution in [0.3, 0.4) is 0 Å². The van der Waals surface area contributed by atoms with Gasteiger partial charge in [0.05, 0.1) is 19.8 Å². The summed E-state index contributed by atoms with van der Waals surface area (Å²) in [5.74, 6) is 0.942. The van der Waals surface area contributed by atoms with Crippen molar-refractivity contribution in [3.05, 3.63) is 40.5 Å². The molecule has 1 aromatic carbocycles. The summed E-state index contributed by atoms with van der Waals surface area (Å²) in [5.41, 5.74) is 6.54. The van der Waals surface area contributed by atoms with E-state index in [0.717, 1.165) is 0 Å². The molecule has 0 aliphatic carbocycles. The van der Waals surface area contributed by atoms with Gasteiger partial charge >= 0.3 is 0 Å². The minimum absolute atomic E-state index is 0.158. The van der Waals surface area contributed by atoms with Gasteiger partial charge in [0.2, 0.25) is 0 Å². The van der Waals surface area contributed by atoms with Crippen LogP contribution in [0.5, 0.6) is 11.5 Å². The first-order valence-electron chi connectivity index (χ1n) is 5.99. The summed E-state index contributed by atoms with van der Waals surface area (Å²) >= 11 is 3.26. The minimum Gasteiger partial charge on any atom is -0.497 e. The first-order valence-corrected chi connectivity index (χ1v) is 6.78. The van der Waals surface area contributed by atoms with Crippen LogP contribution in [0.1, 0.15) is 10.4 Å². The van der Waals surface area contributed by atoms with E-state index in [1.165, 1.54) is 20.4 Å². The SMILES string of the molecule is COc1cc(NC(=O)c2cc(Br)cnc2N)cc(OC)c1. The molecule has 0 bridgehead atoms. The third kappa shape index (κ3) is 3.63. The minimum atomic E-state index is -0.364. The highest BCUT2D eigenvalue weighted by molar-refractivity contribution is 9.10. The normalized spacial score (nSPS) is 10.0. The third-order valence-corrected chi connectivity index (χ3v) is 3.17. The van der Waals surface area contributed by atoms with Crippen molar-refractivity contribution < 1.29 is 14.3 Å². The highest BCUT2D eigenvalue weighted by Crippen LogP contribution is 2.26. The molecule has 0 spiro atoms. The van der Waals surface area contributed by atoms with Crippen LogP contribution in [-0.2, 0) is 0 Å². The zero-order valence-electron chi connectivity index (χ0n) is 11.5. The lowest BCUT2D eigenvalue weighted by molar-refractivity contribution is 0.102. The lowest BCUT2D eigenvalue weighted by atomic mass is 10.2.